The zero-order valence-electron chi connectivity index (χ0n) is 12.8. The molecule has 0 saturated carbocycles. The van der Waals surface area contributed by atoms with Gasteiger partial charge in [0.15, 0.2) is 0 Å². The Morgan fingerprint density at radius 2 is 1.64 bits per heavy atom. The van der Waals surface area contributed by atoms with Crippen molar-refractivity contribution in [1.82, 2.24) is 4.40 Å². The fraction of sp³-hybridized carbons (Fsp3) is 0.0476. The van der Waals surface area contributed by atoms with Crippen molar-refractivity contribution >= 4 is 40.7 Å². The van der Waals surface area contributed by atoms with Crippen LogP contribution in [-0.2, 0) is 0 Å². The lowest BCUT2D eigenvalue weighted by Crippen LogP contribution is -2.26. The second kappa shape index (κ2) is 5.53. The summed E-state index contributed by atoms with van der Waals surface area (Å²) in [4.78, 5) is 0. The van der Waals surface area contributed by atoms with Crippen LogP contribution in [0.1, 0.15) is 12.5 Å². The minimum atomic E-state index is 1.14. The molecule has 0 atom stereocenters. The highest BCUT2D eigenvalue weighted by Gasteiger charge is 2.13. The molecule has 2 heterocycles. The number of fused-ring (bicyclic) bond motifs is 3. The maximum atomic E-state index is 4.02. The Morgan fingerprint density at radius 3 is 2.27 bits per heavy atom. The van der Waals surface area contributed by atoms with Crippen molar-refractivity contribution in [2.75, 3.05) is 0 Å². The van der Waals surface area contributed by atoms with Gasteiger partial charge in [0.25, 0.3) is 0 Å². The van der Waals surface area contributed by atoms with Gasteiger partial charge in [0, 0.05) is 26.7 Å². The van der Waals surface area contributed by atoms with Crippen molar-refractivity contribution in [3.05, 3.63) is 77.5 Å². The Balaban J connectivity index is 2.85. The standard InChI is InChI=1S/C21H19N/c1-5-11-16-15(7-3)21-18(12-6-2)17-13-9-10-14-20(17)22(21)19(16)8-4/h5-14H,1-3H2,4H3/b16-11-,18-12-,19-8+. The van der Waals surface area contributed by atoms with Gasteiger partial charge in [-0.3, -0.25) is 0 Å². The molecule has 0 fully saturated rings. The third kappa shape index (κ3) is 1.79. The molecule has 0 amide bonds. The zero-order valence-corrected chi connectivity index (χ0v) is 12.8. The van der Waals surface area contributed by atoms with Crippen molar-refractivity contribution in [2.45, 2.75) is 6.92 Å². The average Bonchev–Trinajstić information content (AvgIpc) is 3.01. The molecule has 0 bridgehead atoms. The molecule has 0 aliphatic carbocycles. The van der Waals surface area contributed by atoms with E-state index < -0.39 is 0 Å². The summed E-state index contributed by atoms with van der Waals surface area (Å²) in [5, 5.41) is 4.75. The quantitative estimate of drug-likeness (QED) is 0.696. The SMILES string of the molecule is C=C/C=c1/c(C=C)c2/c(=C\C=C)c3ccccc3n2/c1=C/C. The van der Waals surface area contributed by atoms with Crippen molar-refractivity contribution in [3.63, 3.8) is 0 Å². The van der Waals surface area contributed by atoms with E-state index in [1.807, 2.05) is 24.3 Å². The summed E-state index contributed by atoms with van der Waals surface area (Å²) in [6.45, 7) is 13.8. The molecule has 108 valence electrons. The Bertz CT molecular complexity index is 1080. The van der Waals surface area contributed by atoms with E-state index in [1.165, 1.54) is 27.0 Å². The van der Waals surface area contributed by atoms with E-state index >= 15 is 0 Å². The highest BCUT2D eigenvalue weighted by Crippen LogP contribution is 2.16. The second-order valence-electron chi connectivity index (χ2n) is 5.12. The first-order chi connectivity index (χ1) is 10.8. The highest BCUT2D eigenvalue weighted by atomic mass is 14.9. The van der Waals surface area contributed by atoms with E-state index in [4.69, 9.17) is 0 Å². The molecular formula is C21H19N. The lowest BCUT2D eigenvalue weighted by atomic mass is 10.1. The fourth-order valence-electron chi connectivity index (χ4n) is 3.24. The van der Waals surface area contributed by atoms with Crippen LogP contribution in [-0.4, -0.2) is 4.40 Å². The van der Waals surface area contributed by atoms with Crippen molar-refractivity contribution in [3.8, 4) is 0 Å². The number of rotatable bonds is 3. The minimum Gasteiger partial charge on any atom is -0.308 e. The van der Waals surface area contributed by atoms with Gasteiger partial charge in [-0.25, -0.2) is 0 Å². The summed E-state index contributed by atoms with van der Waals surface area (Å²) < 4.78 is 2.30. The zero-order chi connectivity index (χ0) is 15.7. The molecule has 0 radical (unpaired) electrons. The Kier molecular flexibility index (Phi) is 3.56. The van der Waals surface area contributed by atoms with Crippen LogP contribution in [0.15, 0.2) is 56.2 Å². The molecule has 3 rings (SSSR count). The summed E-state index contributed by atoms with van der Waals surface area (Å²) in [6.07, 6.45) is 11.9. The van der Waals surface area contributed by atoms with E-state index in [1.54, 1.807) is 0 Å². The summed E-state index contributed by atoms with van der Waals surface area (Å²) in [7, 11) is 0. The highest BCUT2D eigenvalue weighted by molar-refractivity contribution is 5.93. The number of benzene rings is 1. The smallest absolute Gasteiger partial charge is 0.0620 e. The molecule has 0 aliphatic rings. The van der Waals surface area contributed by atoms with Crippen LogP contribution in [0.2, 0.25) is 0 Å². The Morgan fingerprint density at radius 1 is 0.955 bits per heavy atom. The topological polar surface area (TPSA) is 4.41 Å². The largest absolute Gasteiger partial charge is 0.308 e. The molecule has 1 heteroatoms. The molecule has 2 aromatic heterocycles. The normalized spacial score (nSPS) is 14.1. The Hall–Kier alpha value is -2.80. The van der Waals surface area contributed by atoms with Crippen LogP contribution in [0.5, 0.6) is 0 Å². The van der Waals surface area contributed by atoms with Gasteiger partial charge in [0.05, 0.1) is 11.0 Å². The predicted octanol–water partition coefficient (Wildman–Crippen LogP) is 3.19. The minimum absolute atomic E-state index is 1.14. The summed E-state index contributed by atoms with van der Waals surface area (Å²) >= 11 is 0. The lowest BCUT2D eigenvalue weighted by molar-refractivity contribution is 1.21. The van der Waals surface area contributed by atoms with Crippen LogP contribution in [0.3, 0.4) is 0 Å². The monoisotopic (exact) mass is 285 g/mol. The van der Waals surface area contributed by atoms with E-state index in [0.29, 0.717) is 0 Å². The summed E-state index contributed by atoms with van der Waals surface area (Å²) in [6, 6.07) is 8.45. The third-order valence-electron chi connectivity index (χ3n) is 4.02. The van der Waals surface area contributed by atoms with Gasteiger partial charge < -0.3 is 4.40 Å². The molecule has 22 heavy (non-hydrogen) atoms. The number of para-hydroxylation sites is 1. The first-order valence-electron chi connectivity index (χ1n) is 7.37. The average molecular weight is 285 g/mol. The molecule has 0 N–H and O–H groups in total. The third-order valence-corrected chi connectivity index (χ3v) is 4.02. The van der Waals surface area contributed by atoms with Gasteiger partial charge in [-0.2, -0.15) is 0 Å². The van der Waals surface area contributed by atoms with E-state index in [-0.39, 0.29) is 0 Å². The summed E-state index contributed by atoms with van der Waals surface area (Å²) in [5.74, 6) is 0. The number of hydrogen-bond acceptors (Lipinski definition) is 0. The molecule has 0 aliphatic heterocycles. The van der Waals surface area contributed by atoms with E-state index in [0.717, 1.165) is 10.8 Å². The van der Waals surface area contributed by atoms with Crippen LogP contribution >= 0.6 is 0 Å². The van der Waals surface area contributed by atoms with Gasteiger partial charge in [0.1, 0.15) is 0 Å². The lowest BCUT2D eigenvalue weighted by Gasteiger charge is -1.92. The molecular weight excluding hydrogens is 266 g/mol. The molecule has 1 aromatic carbocycles. The number of allylic oxidation sites excluding steroid dienone is 2. The summed E-state index contributed by atoms with van der Waals surface area (Å²) in [5.41, 5.74) is 3.51. The van der Waals surface area contributed by atoms with Gasteiger partial charge >= 0.3 is 0 Å². The second-order valence-corrected chi connectivity index (χ2v) is 5.12. The van der Waals surface area contributed by atoms with Gasteiger partial charge in [-0.1, -0.05) is 74.4 Å². The van der Waals surface area contributed by atoms with Crippen molar-refractivity contribution < 1.29 is 0 Å². The number of nitrogens with zero attached hydrogens (tertiary/aromatic N) is 1. The maximum Gasteiger partial charge on any atom is 0.0620 e. The van der Waals surface area contributed by atoms with Crippen LogP contribution in [0.25, 0.3) is 40.7 Å². The van der Waals surface area contributed by atoms with E-state index in [9.17, 15) is 0 Å². The van der Waals surface area contributed by atoms with Crippen LogP contribution in [0.4, 0.5) is 0 Å². The molecule has 1 nitrogen and oxygen atoms in total. The maximum absolute atomic E-state index is 4.02. The van der Waals surface area contributed by atoms with Crippen molar-refractivity contribution in [2.24, 2.45) is 0 Å². The number of hydrogen-bond donors (Lipinski definition) is 0. The molecule has 3 aromatic rings. The number of aromatic nitrogens is 1. The van der Waals surface area contributed by atoms with Crippen LogP contribution < -0.4 is 15.8 Å². The molecule has 0 unspecified atom stereocenters. The van der Waals surface area contributed by atoms with Gasteiger partial charge in [0.2, 0.25) is 0 Å². The molecule has 0 spiro atoms. The Labute approximate surface area is 130 Å². The van der Waals surface area contributed by atoms with E-state index in [2.05, 4.69) is 67.5 Å². The first kappa shape index (κ1) is 14.2. The van der Waals surface area contributed by atoms with Gasteiger partial charge in [-0.05, 0) is 13.0 Å². The van der Waals surface area contributed by atoms with Crippen LogP contribution in [0, 0.1) is 0 Å². The van der Waals surface area contributed by atoms with Crippen molar-refractivity contribution in [1.29, 1.82) is 0 Å². The van der Waals surface area contributed by atoms with Gasteiger partial charge in [-0.15, -0.1) is 0 Å². The molecule has 0 saturated heterocycles. The first-order valence-corrected chi connectivity index (χ1v) is 7.37. The fourth-order valence-corrected chi connectivity index (χ4v) is 3.24. The predicted molar refractivity (Wildman–Crippen MR) is 98.9 cm³/mol.